The Morgan fingerprint density at radius 2 is 1.89 bits per heavy atom. The lowest BCUT2D eigenvalue weighted by Crippen LogP contribution is -2.17. The summed E-state index contributed by atoms with van der Waals surface area (Å²) in [7, 11) is 1.02. The van der Waals surface area contributed by atoms with E-state index in [2.05, 4.69) is 20.5 Å². The average molecular weight is 527 g/mol. The molecule has 190 valence electrons. The van der Waals surface area contributed by atoms with Gasteiger partial charge in [0.05, 0.1) is 11.4 Å². The molecule has 0 unspecified atom stereocenters. The first-order valence-electron chi connectivity index (χ1n) is 10.3. The van der Waals surface area contributed by atoms with Gasteiger partial charge >= 0.3 is 6.18 Å². The molecule has 0 bridgehead atoms. The van der Waals surface area contributed by atoms with E-state index in [0.29, 0.717) is 39.9 Å². The zero-order chi connectivity index (χ0) is 26.5. The molecular formula is C21H18F5N7O2S. The summed E-state index contributed by atoms with van der Waals surface area (Å²) in [5.41, 5.74) is 4.12. The number of hydrogen-bond acceptors (Lipinski definition) is 6. The van der Waals surface area contributed by atoms with Gasteiger partial charge in [0.25, 0.3) is 18.2 Å². The zero-order valence-electron chi connectivity index (χ0n) is 18.9. The third-order valence-electron chi connectivity index (χ3n) is 5.33. The van der Waals surface area contributed by atoms with E-state index in [1.807, 2.05) is 6.92 Å². The number of carbonyl (C=O) groups is 2. The summed E-state index contributed by atoms with van der Waals surface area (Å²) in [5, 5.41) is 10.4. The fourth-order valence-electron chi connectivity index (χ4n) is 3.70. The number of nitrogens with one attached hydrogen (secondary N) is 1. The number of alkyl halides is 5. The van der Waals surface area contributed by atoms with Crippen LogP contribution in [0.5, 0.6) is 0 Å². The minimum atomic E-state index is -4.76. The molecule has 15 heteroatoms. The first-order chi connectivity index (χ1) is 16.8. The Hall–Kier alpha value is -3.88. The number of primary amides is 1. The van der Waals surface area contributed by atoms with Gasteiger partial charge in [-0.25, -0.2) is 13.8 Å². The van der Waals surface area contributed by atoms with Crippen LogP contribution >= 0.6 is 11.3 Å². The van der Waals surface area contributed by atoms with E-state index >= 15 is 0 Å². The van der Waals surface area contributed by atoms with Crippen molar-refractivity contribution in [3.63, 3.8) is 0 Å². The fraction of sp³-hybridized carbons (Fsp3) is 0.286. The molecule has 0 saturated carbocycles. The molecule has 2 amide bonds. The van der Waals surface area contributed by atoms with E-state index in [4.69, 9.17) is 5.73 Å². The number of hydrogen-bond donors (Lipinski definition) is 2. The Morgan fingerprint density at radius 3 is 2.42 bits per heavy atom. The van der Waals surface area contributed by atoms with Crippen LogP contribution in [0.2, 0.25) is 0 Å². The molecule has 0 aliphatic carbocycles. The Morgan fingerprint density at radius 1 is 1.19 bits per heavy atom. The van der Waals surface area contributed by atoms with Crippen LogP contribution in [0.3, 0.4) is 0 Å². The number of aryl methyl sites for hydroxylation is 3. The third-order valence-corrected chi connectivity index (χ3v) is 6.43. The molecular weight excluding hydrogens is 509 g/mol. The SMILES string of the molecule is CCn1cc(-c2cc(C(F)F)nc3sc(C(N)=O)c(NC(=O)c4cc(C(F)(F)F)n(C)n4)c23)c(C)n1. The average Bonchev–Trinajstić information content (AvgIpc) is 3.47. The summed E-state index contributed by atoms with van der Waals surface area (Å²) in [6.45, 7) is 3.96. The van der Waals surface area contributed by atoms with Crippen LogP contribution in [0.15, 0.2) is 18.3 Å². The first kappa shape index (κ1) is 25.2. The molecule has 0 aromatic carbocycles. The van der Waals surface area contributed by atoms with Crippen molar-refractivity contribution in [3.05, 3.63) is 46.0 Å². The topological polar surface area (TPSA) is 121 Å². The lowest BCUT2D eigenvalue weighted by molar-refractivity contribution is -0.143. The van der Waals surface area contributed by atoms with Gasteiger partial charge in [0, 0.05) is 36.8 Å². The maximum atomic E-state index is 13.7. The molecule has 9 nitrogen and oxygen atoms in total. The highest BCUT2D eigenvalue weighted by atomic mass is 32.1. The Bertz CT molecular complexity index is 1500. The van der Waals surface area contributed by atoms with Crippen LogP contribution < -0.4 is 11.1 Å². The number of nitrogens with zero attached hydrogens (tertiary/aromatic N) is 5. The third kappa shape index (κ3) is 4.41. The highest BCUT2D eigenvalue weighted by Crippen LogP contribution is 2.43. The van der Waals surface area contributed by atoms with Crippen LogP contribution in [0.4, 0.5) is 27.6 Å². The highest BCUT2D eigenvalue weighted by Gasteiger charge is 2.36. The van der Waals surface area contributed by atoms with Crippen molar-refractivity contribution >= 4 is 39.1 Å². The summed E-state index contributed by atoms with van der Waals surface area (Å²) in [6.07, 6.45) is -6.09. The Balaban J connectivity index is 1.94. The number of thiophene rings is 1. The van der Waals surface area contributed by atoms with Crippen LogP contribution in [-0.2, 0) is 19.8 Å². The van der Waals surface area contributed by atoms with E-state index < -0.39 is 41.5 Å². The summed E-state index contributed by atoms with van der Waals surface area (Å²) in [4.78, 5) is 28.8. The van der Waals surface area contributed by atoms with E-state index in [1.165, 1.54) is 0 Å². The van der Waals surface area contributed by atoms with Gasteiger partial charge in [-0.15, -0.1) is 11.3 Å². The molecule has 3 N–H and O–H groups in total. The fourth-order valence-corrected chi connectivity index (χ4v) is 4.71. The number of nitrogens with two attached hydrogens (primary N) is 1. The summed E-state index contributed by atoms with van der Waals surface area (Å²) >= 11 is 0.674. The number of rotatable bonds is 6. The number of fused-ring (bicyclic) bond motifs is 1. The normalized spacial score (nSPS) is 12.0. The monoisotopic (exact) mass is 527 g/mol. The quantitative estimate of drug-likeness (QED) is 0.357. The minimum Gasteiger partial charge on any atom is -0.365 e. The van der Waals surface area contributed by atoms with E-state index in [9.17, 15) is 31.5 Å². The van der Waals surface area contributed by atoms with Crippen molar-refractivity contribution in [2.75, 3.05) is 5.32 Å². The molecule has 0 aliphatic heterocycles. The number of aromatic nitrogens is 5. The molecule has 36 heavy (non-hydrogen) atoms. The maximum Gasteiger partial charge on any atom is 0.433 e. The second kappa shape index (κ2) is 8.96. The van der Waals surface area contributed by atoms with Gasteiger partial charge in [-0.3, -0.25) is 19.0 Å². The van der Waals surface area contributed by atoms with Gasteiger partial charge in [0.15, 0.2) is 5.69 Å². The van der Waals surface area contributed by atoms with Gasteiger partial charge in [0.1, 0.15) is 21.1 Å². The van der Waals surface area contributed by atoms with E-state index in [1.54, 1.807) is 17.8 Å². The molecule has 0 radical (unpaired) electrons. The van der Waals surface area contributed by atoms with Gasteiger partial charge in [-0.1, -0.05) is 0 Å². The largest absolute Gasteiger partial charge is 0.433 e. The summed E-state index contributed by atoms with van der Waals surface area (Å²) in [5.74, 6) is -2.05. The first-order valence-corrected chi connectivity index (χ1v) is 11.2. The van der Waals surface area contributed by atoms with Gasteiger partial charge in [-0.2, -0.15) is 23.4 Å². The van der Waals surface area contributed by atoms with Crippen LogP contribution in [0.1, 0.15) is 50.6 Å². The number of carbonyl (C=O) groups excluding carboxylic acids is 2. The van der Waals surface area contributed by atoms with Crippen molar-refractivity contribution in [3.8, 4) is 11.1 Å². The number of pyridine rings is 1. The molecule has 4 rings (SSSR count). The Kier molecular flexibility index (Phi) is 6.28. The molecule has 0 aliphatic rings. The lowest BCUT2D eigenvalue weighted by Gasteiger charge is -2.10. The zero-order valence-corrected chi connectivity index (χ0v) is 19.8. The number of halogens is 5. The van der Waals surface area contributed by atoms with E-state index in [-0.39, 0.29) is 26.3 Å². The van der Waals surface area contributed by atoms with Crippen LogP contribution in [-0.4, -0.2) is 36.4 Å². The maximum absolute atomic E-state index is 13.7. The van der Waals surface area contributed by atoms with Gasteiger partial charge < -0.3 is 11.1 Å². The summed E-state index contributed by atoms with van der Waals surface area (Å²) < 4.78 is 68.9. The van der Waals surface area contributed by atoms with E-state index in [0.717, 1.165) is 13.1 Å². The minimum absolute atomic E-state index is 0.0208. The van der Waals surface area contributed by atoms with Crippen molar-refractivity contribution in [2.45, 2.75) is 33.0 Å². The van der Waals surface area contributed by atoms with Crippen molar-refractivity contribution in [1.82, 2.24) is 24.5 Å². The number of anilines is 1. The standard InChI is InChI=1S/C21H18F5N7O2S/c1-4-33-7-10(8(2)30-33)9-5-11(17(22)23)28-20-14(9)15(16(36-20)18(27)34)29-19(35)12-6-13(21(24,25)26)32(3)31-12/h5-7,17H,4H2,1-3H3,(H2,27,34)(H,29,35). The smallest absolute Gasteiger partial charge is 0.365 e. The predicted octanol–water partition coefficient (Wildman–Crippen LogP) is 4.53. The second-order valence-corrected chi connectivity index (χ2v) is 8.72. The Labute approximate surface area is 203 Å². The second-order valence-electron chi connectivity index (χ2n) is 7.72. The van der Waals surface area contributed by atoms with Crippen LogP contribution in [0, 0.1) is 6.92 Å². The molecule has 4 aromatic heterocycles. The molecule has 4 aromatic rings. The summed E-state index contributed by atoms with van der Waals surface area (Å²) in [6, 6.07) is 1.67. The van der Waals surface area contributed by atoms with Crippen molar-refractivity contribution in [2.24, 2.45) is 12.8 Å². The molecule has 0 fully saturated rings. The predicted molar refractivity (Wildman–Crippen MR) is 121 cm³/mol. The van der Waals surface area contributed by atoms with Gasteiger partial charge in [-0.05, 0) is 25.5 Å². The molecule has 0 atom stereocenters. The van der Waals surface area contributed by atoms with Gasteiger partial charge in [0.2, 0.25) is 0 Å². The van der Waals surface area contributed by atoms with Crippen LogP contribution in [0.25, 0.3) is 21.3 Å². The molecule has 0 saturated heterocycles. The molecule has 0 spiro atoms. The molecule has 4 heterocycles. The van der Waals surface area contributed by atoms with Crippen molar-refractivity contribution < 1.29 is 31.5 Å². The lowest BCUT2D eigenvalue weighted by atomic mass is 10.0. The number of amides is 2. The highest BCUT2D eigenvalue weighted by molar-refractivity contribution is 7.21. The van der Waals surface area contributed by atoms with Crippen molar-refractivity contribution in [1.29, 1.82) is 0 Å².